The molecule has 3 aromatic heterocycles. The molecule has 1 atom stereocenters. The van der Waals surface area contributed by atoms with Crippen LogP contribution in [0.15, 0.2) is 55.0 Å². The Morgan fingerprint density at radius 3 is 2.75 bits per heavy atom. The fourth-order valence-corrected chi connectivity index (χ4v) is 4.81. The number of halogens is 1. The molecular formula is C26H28ClN7O2. The second-order valence-electron chi connectivity index (χ2n) is 8.94. The highest BCUT2D eigenvalue weighted by Gasteiger charge is 2.26. The Labute approximate surface area is 214 Å². The average Bonchev–Trinajstić information content (AvgIpc) is 3.33. The van der Waals surface area contributed by atoms with Gasteiger partial charge in [0.05, 0.1) is 41.9 Å². The van der Waals surface area contributed by atoms with Crippen molar-refractivity contribution in [2.24, 2.45) is 5.73 Å². The third-order valence-corrected chi connectivity index (χ3v) is 6.82. The summed E-state index contributed by atoms with van der Waals surface area (Å²) in [5.41, 5.74) is 9.85. The quantitative estimate of drug-likeness (QED) is 0.403. The van der Waals surface area contributed by atoms with Gasteiger partial charge in [-0.1, -0.05) is 23.7 Å². The zero-order valence-corrected chi connectivity index (χ0v) is 20.9. The summed E-state index contributed by atoms with van der Waals surface area (Å²) in [4.78, 5) is 27.5. The van der Waals surface area contributed by atoms with Gasteiger partial charge in [0.15, 0.2) is 0 Å². The van der Waals surface area contributed by atoms with Gasteiger partial charge in [0, 0.05) is 19.3 Å². The maximum absolute atomic E-state index is 12.2. The molecule has 36 heavy (non-hydrogen) atoms. The number of amides is 1. The van der Waals surface area contributed by atoms with E-state index in [0.717, 1.165) is 29.9 Å². The molecule has 186 valence electrons. The first kappa shape index (κ1) is 24.0. The number of hydrogen-bond acceptors (Lipinski definition) is 7. The minimum atomic E-state index is -0.463. The minimum Gasteiger partial charge on any atom is -0.495 e. The minimum absolute atomic E-state index is 0.0110. The van der Waals surface area contributed by atoms with E-state index in [1.807, 2.05) is 45.8 Å². The molecule has 10 heteroatoms. The molecule has 0 radical (unpaired) electrons. The van der Waals surface area contributed by atoms with E-state index in [1.165, 1.54) is 5.56 Å². The first-order valence-corrected chi connectivity index (χ1v) is 12.3. The molecule has 0 aliphatic carbocycles. The lowest BCUT2D eigenvalue weighted by Crippen LogP contribution is -2.45. The maximum Gasteiger partial charge on any atom is 0.239 e. The average molecular weight is 506 g/mol. The van der Waals surface area contributed by atoms with E-state index in [0.29, 0.717) is 41.4 Å². The van der Waals surface area contributed by atoms with E-state index in [1.54, 1.807) is 26.4 Å². The van der Waals surface area contributed by atoms with Crippen LogP contribution in [-0.4, -0.2) is 56.4 Å². The molecule has 3 N–H and O–H groups in total. The summed E-state index contributed by atoms with van der Waals surface area (Å²) in [6, 6.07) is 11.4. The van der Waals surface area contributed by atoms with Crippen molar-refractivity contribution in [1.29, 1.82) is 0 Å². The molecule has 4 aromatic rings. The number of pyridine rings is 1. The maximum atomic E-state index is 12.2. The topological polar surface area (TPSA) is 111 Å². The summed E-state index contributed by atoms with van der Waals surface area (Å²) in [7, 11) is 1.64. The van der Waals surface area contributed by atoms with Crippen LogP contribution in [0.2, 0.25) is 5.02 Å². The highest BCUT2D eigenvalue weighted by atomic mass is 35.5. The summed E-state index contributed by atoms with van der Waals surface area (Å²) in [6.07, 6.45) is 7.01. The Hall–Kier alpha value is -3.69. The highest BCUT2D eigenvalue weighted by Crippen LogP contribution is 2.35. The molecule has 1 aliphatic rings. The number of anilines is 2. The third kappa shape index (κ3) is 4.72. The molecule has 4 heterocycles. The van der Waals surface area contributed by atoms with Crippen LogP contribution >= 0.6 is 11.6 Å². The number of aromatic nitrogens is 4. The van der Waals surface area contributed by atoms with Gasteiger partial charge in [0.2, 0.25) is 11.9 Å². The molecule has 1 unspecified atom stereocenters. The number of imidazole rings is 1. The molecule has 1 amide bonds. The van der Waals surface area contributed by atoms with Crippen molar-refractivity contribution < 1.29 is 9.53 Å². The van der Waals surface area contributed by atoms with E-state index < -0.39 is 6.04 Å². The van der Waals surface area contributed by atoms with Gasteiger partial charge >= 0.3 is 0 Å². The summed E-state index contributed by atoms with van der Waals surface area (Å²) < 4.78 is 7.62. The van der Waals surface area contributed by atoms with Gasteiger partial charge in [-0.25, -0.2) is 15.0 Å². The van der Waals surface area contributed by atoms with Gasteiger partial charge in [-0.2, -0.15) is 0 Å². The Morgan fingerprint density at radius 1 is 1.19 bits per heavy atom. The van der Waals surface area contributed by atoms with Crippen molar-refractivity contribution in [3.63, 3.8) is 0 Å². The van der Waals surface area contributed by atoms with Crippen LogP contribution in [0.3, 0.4) is 0 Å². The Kier molecular flexibility index (Phi) is 6.75. The SMILES string of the molecule is COc1cc(C2CCN(C(=O)C(C)N)CC2)ccc1Nc1ncc(Cl)c(-c2cnc3ccccn23)n1. The van der Waals surface area contributed by atoms with Crippen molar-refractivity contribution in [1.82, 2.24) is 24.3 Å². The number of nitrogens with two attached hydrogens (primary N) is 1. The van der Waals surface area contributed by atoms with Crippen LogP contribution in [0.1, 0.15) is 31.2 Å². The number of nitrogens with zero attached hydrogens (tertiary/aromatic N) is 5. The van der Waals surface area contributed by atoms with Crippen molar-refractivity contribution in [2.45, 2.75) is 31.7 Å². The molecule has 0 saturated carbocycles. The fraction of sp³-hybridized carbons (Fsp3) is 0.308. The number of hydrogen-bond donors (Lipinski definition) is 2. The van der Waals surface area contributed by atoms with E-state index in [-0.39, 0.29) is 5.91 Å². The molecular weight excluding hydrogens is 478 g/mol. The van der Waals surface area contributed by atoms with Crippen molar-refractivity contribution in [2.75, 3.05) is 25.5 Å². The second-order valence-corrected chi connectivity index (χ2v) is 9.34. The number of rotatable bonds is 6. The standard InChI is InChI=1S/C26H28ClN7O2/c1-16(28)25(35)33-11-8-17(9-12-33)18-6-7-20(22(13-18)36-2)31-26-30-14-19(27)24(32-26)21-15-29-23-5-3-4-10-34(21)23/h3-7,10,13-17H,8-9,11-12,28H2,1-2H3,(H,30,31,32). The van der Waals surface area contributed by atoms with Gasteiger partial charge in [0.1, 0.15) is 17.1 Å². The number of ether oxygens (including phenoxy) is 1. The lowest BCUT2D eigenvalue weighted by molar-refractivity contribution is -0.133. The summed E-state index contributed by atoms with van der Waals surface area (Å²) in [5.74, 6) is 1.45. The molecule has 0 spiro atoms. The number of carbonyl (C=O) groups is 1. The molecule has 5 rings (SSSR count). The third-order valence-electron chi connectivity index (χ3n) is 6.54. The zero-order chi connectivity index (χ0) is 25.2. The molecule has 1 fully saturated rings. The smallest absolute Gasteiger partial charge is 0.239 e. The Morgan fingerprint density at radius 2 is 2.00 bits per heavy atom. The lowest BCUT2D eigenvalue weighted by Gasteiger charge is -2.33. The number of fused-ring (bicyclic) bond motifs is 1. The molecule has 9 nitrogen and oxygen atoms in total. The first-order chi connectivity index (χ1) is 17.4. The normalized spacial score (nSPS) is 15.2. The lowest BCUT2D eigenvalue weighted by atomic mass is 9.89. The number of likely N-dealkylation sites (tertiary alicyclic amines) is 1. The number of piperidine rings is 1. The van der Waals surface area contributed by atoms with Gasteiger partial charge in [0.25, 0.3) is 0 Å². The van der Waals surface area contributed by atoms with Gasteiger partial charge in [-0.05, 0) is 55.5 Å². The monoisotopic (exact) mass is 505 g/mol. The number of methoxy groups -OCH3 is 1. The number of carbonyl (C=O) groups excluding carboxylic acids is 1. The van der Waals surface area contributed by atoms with Crippen molar-refractivity contribution in [3.05, 3.63) is 65.6 Å². The molecule has 0 bridgehead atoms. The van der Waals surface area contributed by atoms with Gasteiger partial charge < -0.3 is 20.7 Å². The van der Waals surface area contributed by atoms with Crippen LogP contribution < -0.4 is 15.8 Å². The largest absolute Gasteiger partial charge is 0.495 e. The molecule has 1 saturated heterocycles. The summed E-state index contributed by atoms with van der Waals surface area (Å²) in [5, 5.41) is 3.70. The number of nitrogens with one attached hydrogen (secondary N) is 1. The van der Waals surface area contributed by atoms with Crippen LogP contribution in [0.4, 0.5) is 11.6 Å². The summed E-state index contributed by atoms with van der Waals surface area (Å²) in [6.45, 7) is 3.15. The number of benzene rings is 1. The van der Waals surface area contributed by atoms with Crippen LogP contribution in [0.25, 0.3) is 17.0 Å². The Bertz CT molecular complexity index is 1400. The van der Waals surface area contributed by atoms with Crippen molar-refractivity contribution >= 4 is 34.8 Å². The van der Waals surface area contributed by atoms with Gasteiger partial charge in [-0.3, -0.25) is 9.20 Å². The predicted molar refractivity (Wildman–Crippen MR) is 140 cm³/mol. The molecule has 1 aromatic carbocycles. The van der Waals surface area contributed by atoms with E-state index in [9.17, 15) is 4.79 Å². The zero-order valence-electron chi connectivity index (χ0n) is 20.2. The van der Waals surface area contributed by atoms with Gasteiger partial charge in [-0.15, -0.1) is 0 Å². The van der Waals surface area contributed by atoms with Crippen LogP contribution in [-0.2, 0) is 4.79 Å². The first-order valence-electron chi connectivity index (χ1n) is 11.9. The Balaban J connectivity index is 1.35. The second kappa shape index (κ2) is 10.1. The molecule has 1 aliphatic heterocycles. The van der Waals surface area contributed by atoms with Crippen molar-refractivity contribution in [3.8, 4) is 17.1 Å². The van der Waals surface area contributed by atoms with E-state index in [4.69, 9.17) is 22.1 Å². The van der Waals surface area contributed by atoms with E-state index >= 15 is 0 Å². The predicted octanol–water partition coefficient (Wildman–Crippen LogP) is 4.25. The van der Waals surface area contributed by atoms with Crippen LogP contribution in [0, 0.1) is 0 Å². The van der Waals surface area contributed by atoms with Crippen LogP contribution in [0.5, 0.6) is 5.75 Å². The van der Waals surface area contributed by atoms with E-state index in [2.05, 4.69) is 26.3 Å². The fourth-order valence-electron chi connectivity index (χ4n) is 4.62. The summed E-state index contributed by atoms with van der Waals surface area (Å²) >= 11 is 6.45. The highest BCUT2D eigenvalue weighted by molar-refractivity contribution is 6.32.